The fraction of sp³-hybridized carbons (Fsp3) is 0.500. The molecule has 1 aromatic heterocycles. The number of aliphatic hydroxyl groups is 2. The smallest absolute Gasteiger partial charge is 0.134 e. The summed E-state index contributed by atoms with van der Waals surface area (Å²) < 4.78 is 5.99. The molecule has 0 unspecified atom stereocenters. The van der Waals surface area contributed by atoms with Gasteiger partial charge in [0.25, 0.3) is 0 Å². The van der Waals surface area contributed by atoms with Gasteiger partial charge in [-0.3, -0.25) is 4.90 Å². The highest BCUT2D eigenvalue weighted by molar-refractivity contribution is 6.30. The maximum absolute atomic E-state index is 10.4. The van der Waals surface area contributed by atoms with Crippen LogP contribution in [0.1, 0.15) is 31.9 Å². The van der Waals surface area contributed by atoms with Crippen molar-refractivity contribution < 1.29 is 14.6 Å². The molecule has 2 atom stereocenters. The quantitative estimate of drug-likeness (QED) is 0.816. The molecule has 0 bridgehead atoms. The predicted octanol–water partition coefficient (Wildman–Crippen LogP) is 3.95. The summed E-state index contributed by atoms with van der Waals surface area (Å²) in [5, 5.41) is 21.0. The molecule has 5 heteroatoms. The third-order valence-electron chi connectivity index (χ3n) is 5.20. The summed E-state index contributed by atoms with van der Waals surface area (Å²) >= 11 is 5.93. The number of hydrogen-bond donors (Lipinski definition) is 2. The van der Waals surface area contributed by atoms with E-state index in [9.17, 15) is 10.2 Å². The van der Waals surface area contributed by atoms with Crippen LogP contribution in [0.3, 0.4) is 0 Å². The highest BCUT2D eigenvalue weighted by Crippen LogP contribution is 2.35. The molecule has 4 nitrogen and oxygen atoms in total. The Labute approximate surface area is 154 Å². The summed E-state index contributed by atoms with van der Waals surface area (Å²) in [7, 11) is 0. The van der Waals surface area contributed by atoms with Crippen molar-refractivity contribution in [2.75, 3.05) is 19.7 Å². The van der Waals surface area contributed by atoms with Crippen molar-refractivity contribution in [1.82, 2.24) is 4.90 Å². The Morgan fingerprint density at radius 3 is 2.68 bits per heavy atom. The summed E-state index contributed by atoms with van der Waals surface area (Å²) in [4.78, 5) is 2.27. The Kier molecular flexibility index (Phi) is 5.85. The SMILES string of the molecule is CCC[C@]1(CO)CN(Cc2ccc(-c3ccc(Cl)cc3)o2)CC[C@@H]1O. The van der Waals surface area contributed by atoms with E-state index < -0.39 is 11.5 Å². The van der Waals surface area contributed by atoms with Gasteiger partial charge in [-0.2, -0.15) is 0 Å². The van der Waals surface area contributed by atoms with Crippen molar-refractivity contribution in [3.63, 3.8) is 0 Å². The van der Waals surface area contributed by atoms with Gasteiger partial charge in [-0.15, -0.1) is 0 Å². The van der Waals surface area contributed by atoms with Crippen LogP contribution in [0.25, 0.3) is 11.3 Å². The first-order valence-corrected chi connectivity index (χ1v) is 9.30. The lowest BCUT2D eigenvalue weighted by Gasteiger charge is -2.45. The molecular formula is C20H26ClNO3. The van der Waals surface area contributed by atoms with Crippen LogP contribution in [0.15, 0.2) is 40.8 Å². The lowest BCUT2D eigenvalue weighted by Crippen LogP contribution is -2.53. The molecule has 3 rings (SSSR count). The van der Waals surface area contributed by atoms with E-state index in [1.165, 1.54) is 0 Å². The number of piperidine rings is 1. The molecule has 1 fully saturated rings. The van der Waals surface area contributed by atoms with E-state index in [0.29, 0.717) is 24.5 Å². The van der Waals surface area contributed by atoms with E-state index in [2.05, 4.69) is 11.8 Å². The van der Waals surface area contributed by atoms with Crippen molar-refractivity contribution in [2.24, 2.45) is 5.41 Å². The lowest BCUT2D eigenvalue weighted by atomic mass is 9.74. The summed E-state index contributed by atoms with van der Waals surface area (Å²) in [5.74, 6) is 1.72. The molecular weight excluding hydrogens is 338 g/mol. The minimum Gasteiger partial charge on any atom is -0.460 e. The fourth-order valence-electron chi connectivity index (χ4n) is 3.81. The highest BCUT2D eigenvalue weighted by atomic mass is 35.5. The highest BCUT2D eigenvalue weighted by Gasteiger charge is 2.41. The standard InChI is InChI=1S/C20H26ClNO3/c1-2-10-20(14-23)13-22(11-9-19(20)24)12-17-7-8-18(25-17)15-3-5-16(21)6-4-15/h3-8,19,23-24H,2,9-14H2,1H3/t19-,20+/m0/s1. The van der Waals surface area contributed by atoms with Gasteiger partial charge in [0.1, 0.15) is 11.5 Å². The Hall–Kier alpha value is -1.33. The average Bonchev–Trinajstić information content (AvgIpc) is 3.07. The van der Waals surface area contributed by atoms with Gasteiger partial charge in [0.15, 0.2) is 0 Å². The summed E-state index contributed by atoms with van der Waals surface area (Å²) in [6.07, 6.45) is 2.03. The number of nitrogens with zero attached hydrogens (tertiary/aromatic N) is 1. The van der Waals surface area contributed by atoms with Gasteiger partial charge in [-0.05, 0) is 49.2 Å². The molecule has 136 valence electrons. The number of furan rings is 1. The summed E-state index contributed by atoms with van der Waals surface area (Å²) in [6, 6.07) is 11.6. The number of benzene rings is 1. The third kappa shape index (κ3) is 4.09. The maximum Gasteiger partial charge on any atom is 0.134 e. The zero-order valence-electron chi connectivity index (χ0n) is 14.6. The zero-order valence-corrected chi connectivity index (χ0v) is 15.4. The molecule has 2 aromatic rings. The molecule has 0 radical (unpaired) electrons. The normalized spacial score (nSPS) is 24.6. The van der Waals surface area contributed by atoms with Gasteiger partial charge in [0.2, 0.25) is 0 Å². The number of aliphatic hydroxyl groups excluding tert-OH is 2. The van der Waals surface area contributed by atoms with Gasteiger partial charge < -0.3 is 14.6 Å². The Bertz CT molecular complexity index is 685. The van der Waals surface area contributed by atoms with Crippen LogP contribution < -0.4 is 0 Å². The molecule has 0 spiro atoms. The van der Waals surface area contributed by atoms with E-state index in [1.54, 1.807) is 0 Å². The molecule has 1 aliphatic heterocycles. The van der Waals surface area contributed by atoms with Crippen molar-refractivity contribution in [3.05, 3.63) is 47.2 Å². The van der Waals surface area contributed by atoms with Crippen LogP contribution in [0.2, 0.25) is 5.02 Å². The molecule has 1 aromatic carbocycles. The Morgan fingerprint density at radius 1 is 1.24 bits per heavy atom. The Morgan fingerprint density at radius 2 is 2.00 bits per heavy atom. The first-order chi connectivity index (χ1) is 12.1. The minimum atomic E-state index is -0.435. The third-order valence-corrected chi connectivity index (χ3v) is 5.45. The van der Waals surface area contributed by atoms with Crippen LogP contribution >= 0.6 is 11.6 Å². The second-order valence-electron chi connectivity index (χ2n) is 7.06. The molecule has 0 saturated carbocycles. The molecule has 0 amide bonds. The van der Waals surface area contributed by atoms with E-state index in [0.717, 1.165) is 36.5 Å². The molecule has 1 saturated heterocycles. The number of halogens is 1. The van der Waals surface area contributed by atoms with Gasteiger partial charge in [0, 0.05) is 29.1 Å². The van der Waals surface area contributed by atoms with E-state index in [4.69, 9.17) is 16.0 Å². The second kappa shape index (κ2) is 7.92. The van der Waals surface area contributed by atoms with Gasteiger partial charge in [0.05, 0.1) is 19.3 Å². The second-order valence-corrected chi connectivity index (χ2v) is 7.49. The molecule has 2 heterocycles. The number of rotatable bonds is 6. The van der Waals surface area contributed by atoms with Crippen LogP contribution in [-0.2, 0) is 6.54 Å². The maximum atomic E-state index is 10.4. The molecule has 25 heavy (non-hydrogen) atoms. The monoisotopic (exact) mass is 363 g/mol. The average molecular weight is 364 g/mol. The topological polar surface area (TPSA) is 56.8 Å². The van der Waals surface area contributed by atoms with Gasteiger partial charge in [-0.25, -0.2) is 0 Å². The van der Waals surface area contributed by atoms with E-state index >= 15 is 0 Å². The lowest BCUT2D eigenvalue weighted by molar-refractivity contribution is -0.0829. The first-order valence-electron chi connectivity index (χ1n) is 8.92. The van der Waals surface area contributed by atoms with Crippen molar-refractivity contribution >= 4 is 11.6 Å². The molecule has 1 aliphatic rings. The number of hydrogen-bond acceptors (Lipinski definition) is 4. The summed E-state index contributed by atoms with van der Waals surface area (Å²) in [6.45, 7) is 4.30. The minimum absolute atomic E-state index is 0.0205. The van der Waals surface area contributed by atoms with E-state index in [1.807, 2.05) is 36.4 Å². The Balaban J connectivity index is 1.69. The van der Waals surface area contributed by atoms with Crippen molar-refractivity contribution in [1.29, 1.82) is 0 Å². The fourth-order valence-corrected chi connectivity index (χ4v) is 3.93. The van der Waals surface area contributed by atoms with Crippen LogP contribution in [0.5, 0.6) is 0 Å². The molecule has 2 N–H and O–H groups in total. The number of likely N-dealkylation sites (tertiary alicyclic amines) is 1. The van der Waals surface area contributed by atoms with Crippen LogP contribution in [0, 0.1) is 5.41 Å². The predicted molar refractivity (Wildman–Crippen MR) is 99.5 cm³/mol. The van der Waals surface area contributed by atoms with Gasteiger partial charge >= 0.3 is 0 Å². The van der Waals surface area contributed by atoms with Crippen molar-refractivity contribution in [2.45, 2.75) is 38.8 Å². The van der Waals surface area contributed by atoms with E-state index in [-0.39, 0.29) is 6.61 Å². The van der Waals surface area contributed by atoms with Crippen molar-refractivity contribution in [3.8, 4) is 11.3 Å². The van der Waals surface area contributed by atoms with Gasteiger partial charge in [-0.1, -0.05) is 24.9 Å². The first kappa shape index (κ1) is 18.5. The summed E-state index contributed by atoms with van der Waals surface area (Å²) in [5.41, 5.74) is 0.582. The molecule has 0 aliphatic carbocycles. The zero-order chi connectivity index (χ0) is 17.9. The van der Waals surface area contributed by atoms with Crippen LogP contribution in [-0.4, -0.2) is 40.9 Å². The largest absolute Gasteiger partial charge is 0.460 e. The van der Waals surface area contributed by atoms with Crippen LogP contribution in [0.4, 0.5) is 0 Å².